The minimum Gasteiger partial charge on any atom is -0.496 e. The van der Waals surface area contributed by atoms with Crippen molar-refractivity contribution in [2.75, 3.05) is 45.8 Å². The first-order valence-electron chi connectivity index (χ1n) is 8.31. The third-order valence-electron chi connectivity index (χ3n) is 3.10. The SMILES string of the molecule is COC(=O)c1ccc(NCCOCCNC(=O)OC(C)(C)C)cc1OC. The van der Waals surface area contributed by atoms with E-state index in [2.05, 4.69) is 10.6 Å². The van der Waals surface area contributed by atoms with Crippen LogP contribution in [0.3, 0.4) is 0 Å². The van der Waals surface area contributed by atoms with Crippen molar-refractivity contribution in [1.29, 1.82) is 0 Å². The van der Waals surface area contributed by atoms with Gasteiger partial charge >= 0.3 is 12.1 Å². The Kier molecular flexibility index (Phi) is 8.71. The molecule has 146 valence electrons. The molecule has 0 aliphatic rings. The van der Waals surface area contributed by atoms with Crippen LogP contribution >= 0.6 is 0 Å². The van der Waals surface area contributed by atoms with Gasteiger partial charge in [0.2, 0.25) is 0 Å². The van der Waals surface area contributed by atoms with Crippen LogP contribution in [0.2, 0.25) is 0 Å². The van der Waals surface area contributed by atoms with Crippen molar-refractivity contribution in [1.82, 2.24) is 5.32 Å². The maximum Gasteiger partial charge on any atom is 0.407 e. The minimum absolute atomic E-state index is 0.366. The highest BCUT2D eigenvalue weighted by atomic mass is 16.6. The number of esters is 1. The van der Waals surface area contributed by atoms with E-state index in [9.17, 15) is 9.59 Å². The van der Waals surface area contributed by atoms with Crippen LogP contribution in [0.15, 0.2) is 18.2 Å². The van der Waals surface area contributed by atoms with E-state index in [-0.39, 0.29) is 0 Å². The Labute approximate surface area is 154 Å². The Morgan fingerprint density at radius 1 is 1.08 bits per heavy atom. The van der Waals surface area contributed by atoms with Crippen LogP contribution < -0.4 is 15.4 Å². The average Bonchev–Trinajstić information content (AvgIpc) is 2.58. The first-order valence-corrected chi connectivity index (χ1v) is 8.31. The molecule has 1 rings (SSSR count). The lowest BCUT2D eigenvalue weighted by Crippen LogP contribution is -2.34. The number of hydrogen-bond acceptors (Lipinski definition) is 7. The van der Waals surface area contributed by atoms with Crippen LogP contribution in [0.1, 0.15) is 31.1 Å². The maximum absolute atomic E-state index is 11.6. The largest absolute Gasteiger partial charge is 0.496 e. The van der Waals surface area contributed by atoms with E-state index in [1.807, 2.05) is 20.8 Å². The number of nitrogens with one attached hydrogen (secondary N) is 2. The third kappa shape index (κ3) is 8.06. The van der Waals surface area contributed by atoms with Gasteiger partial charge in [0.1, 0.15) is 16.9 Å². The highest BCUT2D eigenvalue weighted by Crippen LogP contribution is 2.23. The van der Waals surface area contributed by atoms with Crippen molar-refractivity contribution in [2.45, 2.75) is 26.4 Å². The number of ether oxygens (including phenoxy) is 4. The molecule has 0 saturated heterocycles. The molecule has 26 heavy (non-hydrogen) atoms. The number of hydrogen-bond donors (Lipinski definition) is 2. The Bertz CT molecular complexity index is 598. The molecule has 0 fully saturated rings. The van der Waals surface area contributed by atoms with Crippen molar-refractivity contribution in [3.05, 3.63) is 23.8 Å². The molecule has 0 unspecified atom stereocenters. The van der Waals surface area contributed by atoms with Crippen LogP contribution in [-0.2, 0) is 14.2 Å². The Hall–Kier alpha value is -2.48. The second-order valence-electron chi connectivity index (χ2n) is 6.37. The number of methoxy groups -OCH3 is 2. The number of alkyl carbamates (subject to hydrolysis) is 1. The Morgan fingerprint density at radius 2 is 1.77 bits per heavy atom. The van der Waals surface area contributed by atoms with Gasteiger partial charge in [0.05, 0.1) is 27.4 Å². The van der Waals surface area contributed by atoms with E-state index < -0.39 is 17.7 Å². The fraction of sp³-hybridized carbons (Fsp3) is 0.556. The second-order valence-corrected chi connectivity index (χ2v) is 6.37. The molecule has 0 saturated carbocycles. The van der Waals surface area contributed by atoms with Gasteiger partial charge in [-0.3, -0.25) is 0 Å². The smallest absolute Gasteiger partial charge is 0.407 e. The van der Waals surface area contributed by atoms with Crippen LogP contribution in [-0.4, -0.2) is 58.2 Å². The lowest BCUT2D eigenvalue weighted by atomic mass is 10.2. The molecule has 0 radical (unpaired) electrons. The fourth-order valence-electron chi connectivity index (χ4n) is 1.99. The molecule has 0 aromatic heterocycles. The van der Waals surface area contributed by atoms with Crippen molar-refractivity contribution in [3.63, 3.8) is 0 Å². The summed E-state index contributed by atoms with van der Waals surface area (Å²) in [5, 5.41) is 5.78. The van der Waals surface area contributed by atoms with E-state index in [1.165, 1.54) is 14.2 Å². The van der Waals surface area contributed by atoms with Gasteiger partial charge in [-0.2, -0.15) is 0 Å². The topological polar surface area (TPSA) is 95.1 Å². The molecular formula is C18H28N2O6. The van der Waals surface area contributed by atoms with E-state index in [0.29, 0.717) is 37.6 Å². The predicted octanol–water partition coefficient (Wildman–Crippen LogP) is 2.43. The number of carbonyl (C=O) groups excluding carboxylic acids is 2. The van der Waals surface area contributed by atoms with Gasteiger partial charge in [0.25, 0.3) is 0 Å². The first-order chi connectivity index (χ1) is 12.3. The maximum atomic E-state index is 11.6. The van der Waals surface area contributed by atoms with E-state index >= 15 is 0 Å². The van der Waals surface area contributed by atoms with Crippen molar-refractivity contribution in [2.24, 2.45) is 0 Å². The number of anilines is 1. The summed E-state index contributed by atoms with van der Waals surface area (Å²) in [5.74, 6) is -0.0152. The van der Waals surface area contributed by atoms with Crippen LogP contribution in [0.25, 0.3) is 0 Å². The molecule has 8 nitrogen and oxygen atoms in total. The Balaban J connectivity index is 2.26. The standard InChI is InChI=1S/C18H28N2O6/c1-18(2,3)26-17(22)20-9-11-25-10-8-19-13-6-7-14(16(21)24-5)15(12-13)23-4/h6-7,12,19H,8-11H2,1-5H3,(H,20,22). The summed E-state index contributed by atoms with van der Waals surface area (Å²) in [6, 6.07) is 5.12. The van der Waals surface area contributed by atoms with E-state index in [1.54, 1.807) is 18.2 Å². The van der Waals surface area contributed by atoms with Gasteiger partial charge in [-0.15, -0.1) is 0 Å². The second kappa shape index (κ2) is 10.5. The highest BCUT2D eigenvalue weighted by molar-refractivity contribution is 5.93. The van der Waals surface area contributed by atoms with Gasteiger partial charge in [-0.05, 0) is 32.9 Å². The molecule has 2 N–H and O–H groups in total. The van der Waals surface area contributed by atoms with Crippen molar-refractivity contribution < 1.29 is 28.5 Å². The lowest BCUT2D eigenvalue weighted by molar-refractivity contribution is 0.0501. The summed E-state index contributed by atoms with van der Waals surface area (Å²) in [5.41, 5.74) is 0.647. The zero-order valence-corrected chi connectivity index (χ0v) is 16.0. The van der Waals surface area contributed by atoms with Gasteiger partial charge < -0.3 is 29.6 Å². The molecule has 0 heterocycles. The number of benzene rings is 1. The Morgan fingerprint density at radius 3 is 2.38 bits per heavy atom. The van der Waals surface area contributed by atoms with Gasteiger partial charge in [0.15, 0.2) is 0 Å². The quantitative estimate of drug-likeness (QED) is 0.510. The third-order valence-corrected chi connectivity index (χ3v) is 3.10. The molecule has 0 bridgehead atoms. The van der Waals surface area contributed by atoms with E-state index in [4.69, 9.17) is 18.9 Å². The summed E-state index contributed by atoms with van der Waals surface area (Å²) in [4.78, 5) is 23.1. The number of rotatable bonds is 9. The predicted molar refractivity (Wildman–Crippen MR) is 97.9 cm³/mol. The average molecular weight is 368 g/mol. The van der Waals surface area contributed by atoms with Gasteiger partial charge in [-0.1, -0.05) is 0 Å². The normalized spacial score (nSPS) is 10.8. The molecule has 0 aliphatic carbocycles. The minimum atomic E-state index is -0.515. The molecule has 0 spiro atoms. The van der Waals surface area contributed by atoms with Crippen molar-refractivity contribution in [3.8, 4) is 5.75 Å². The van der Waals surface area contributed by atoms with Crippen molar-refractivity contribution >= 4 is 17.7 Å². The zero-order valence-electron chi connectivity index (χ0n) is 16.0. The van der Waals surface area contributed by atoms with Gasteiger partial charge in [-0.25, -0.2) is 9.59 Å². The lowest BCUT2D eigenvalue weighted by Gasteiger charge is -2.19. The summed E-state index contributed by atoms with van der Waals surface area (Å²) in [6.45, 7) is 7.19. The van der Waals surface area contributed by atoms with Crippen LogP contribution in [0.4, 0.5) is 10.5 Å². The molecule has 0 atom stereocenters. The molecular weight excluding hydrogens is 340 g/mol. The molecule has 0 aliphatic heterocycles. The number of amides is 1. The molecule has 8 heteroatoms. The van der Waals surface area contributed by atoms with Crippen LogP contribution in [0, 0.1) is 0 Å². The highest BCUT2D eigenvalue weighted by Gasteiger charge is 2.15. The fourth-order valence-corrected chi connectivity index (χ4v) is 1.99. The summed E-state index contributed by atoms with van der Waals surface area (Å²) in [7, 11) is 2.81. The van der Waals surface area contributed by atoms with E-state index in [0.717, 1.165) is 5.69 Å². The number of carbonyl (C=O) groups is 2. The zero-order chi connectivity index (χ0) is 19.6. The first kappa shape index (κ1) is 21.6. The monoisotopic (exact) mass is 368 g/mol. The summed E-state index contributed by atoms with van der Waals surface area (Å²) >= 11 is 0. The molecule has 1 aromatic carbocycles. The summed E-state index contributed by atoms with van der Waals surface area (Å²) in [6.07, 6.45) is -0.461. The summed E-state index contributed by atoms with van der Waals surface area (Å²) < 4.78 is 20.5. The molecule has 1 amide bonds. The van der Waals surface area contributed by atoms with Crippen LogP contribution in [0.5, 0.6) is 5.75 Å². The van der Waals surface area contributed by atoms with Gasteiger partial charge in [0, 0.05) is 24.8 Å². The molecule has 1 aromatic rings.